The van der Waals surface area contributed by atoms with Crippen molar-refractivity contribution in [1.29, 1.82) is 0 Å². The maximum Gasteiger partial charge on any atom is 0.250 e. The van der Waals surface area contributed by atoms with Crippen LogP contribution in [0.3, 0.4) is 0 Å². The molecule has 4 rings (SSSR count). The number of halogens is 1. The number of amides is 2. The van der Waals surface area contributed by atoms with Gasteiger partial charge in [-0.05, 0) is 55.5 Å². The van der Waals surface area contributed by atoms with Gasteiger partial charge in [-0.2, -0.15) is 0 Å². The van der Waals surface area contributed by atoms with Crippen molar-refractivity contribution >= 4 is 34.8 Å². The molecule has 3 atom stereocenters. The summed E-state index contributed by atoms with van der Waals surface area (Å²) in [7, 11) is 3.10. The number of hydrogen-bond donors (Lipinski definition) is 3. The van der Waals surface area contributed by atoms with Gasteiger partial charge in [0.05, 0.1) is 25.8 Å². The predicted molar refractivity (Wildman–Crippen MR) is 129 cm³/mol. The molecule has 0 radical (unpaired) electrons. The Morgan fingerprint density at radius 3 is 2.67 bits per heavy atom. The van der Waals surface area contributed by atoms with Gasteiger partial charge in [0.2, 0.25) is 11.8 Å². The number of aryl methyl sites for hydroxylation is 1. The minimum absolute atomic E-state index is 0.00365. The first-order valence-corrected chi connectivity index (χ1v) is 11.5. The van der Waals surface area contributed by atoms with Gasteiger partial charge in [-0.15, -0.1) is 0 Å². The van der Waals surface area contributed by atoms with Crippen LogP contribution in [0.4, 0.5) is 11.4 Å². The fourth-order valence-electron chi connectivity index (χ4n) is 5.15. The minimum Gasteiger partial charge on any atom is -0.497 e. The molecule has 0 unspecified atom stereocenters. The maximum absolute atomic E-state index is 13.7. The smallest absolute Gasteiger partial charge is 0.250 e. The fourth-order valence-corrected chi connectivity index (χ4v) is 5.42. The molecule has 1 fully saturated rings. The highest BCUT2D eigenvalue weighted by Gasteiger charge is 2.60. The van der Waals surface area contributed by atoms with Crippen LogP contribution in [0.1, 0.15) is 37.8 Å². The molecular weight excluding hydrogens is 442 g/mol. The van der Waals surface area contributed by atoms with Crippen molar-refractivity contribution in [2.75, 3.05) is 24.9 Å². The molecule has 2 amide bonds. The number of rotatable bonds is 6. The van der Waals surface area contributed by atoms with E-state index in [4.69, 9.17) is 21.1 Å². The lowest BCUT2D eigenvalue weighted by Gasteiger charge is -2.29. The number of nitrogens with one attached hydrogen (secondary N) is 3. The van der Waals surface area contributed by atoms with Crippen molar-refractivity contribution in [2.24, 2.45) is 11.8 Å². The van der Waals surface area contributed by atoms with E-state index in [1.807, 2.05) is 13.0 Å². The molecule has 2 aromatic rings. The molecule has 7 nitrogen and oxygen atoms in total. The number of carbonyl (C=O) groups is 2. The summed E-state index contributed by atoms with van der Waals surface area (Å²) in [5, 5.41) is 10.1. The molecular formula is C25H30ClN3O4. The van der Waals surface area contributed by atoms with E-state index >= 15 is 0 Å². The lowest BCUT2D eigenvalue weighted by Crippen LogP contribution is -2.52. The summed E-state index contributed by atoms with van der Waals surface area (Å²) >= 11 is 6.39. The van der Waals surface area contributed by atoms with Crippen LogP contribution in [0.2, 0.25) is 5.02 Å². The third-order valence-corrected chi connectivity index (χ3v) is 6.75. The second-order valence-corrected chi connectivity index (χ2v) is 9.66. The molecule has 8 heteroatoms. The van der Waals surface area contributed by atoms with Gasteiger partial charge in [0, 0.05) is 28.4 Å². The molecule has 1 saturated heterocycles. The van der Waals surface area contributed by atoms with Crippen molar-refractivity contribution in [3.8, 4) is 11.5 Å². The molecule has 2 aliphatic rings. The van der Waals surface area contributed by atoms with E-state index in [2.05, 4.69) is 29.8 Å². The summed E-state index contributed by atoms with van der Waals surface area (Å²) in [5.41, 5.74) is 1.61. The first-order valence-electron chi connectivity index (χ1n) is 11.1. The molecule has 0 bridgehead atoms. The van der Waals surface area contributed by atoms with Gasteiger partial charge in [0.25, 0.3) is 0 Å². The lowest BCUT2D eigenvalue weighted by molar-refractivity contribution is -0.130. The van der Waals surface area contributed by atoms with E-state index in [0.717, 1.165) is 23.2 Å². The quantitative estimate of drug-likeness (QED) is 0.578. The molecule has 0 aromatic heterocycles. The van der Waals surface area contributed by atoms with Crippen molar-refractivity contribution in [3.05, 3.63) is 46.5 Å². The lowest BCUT2D eigenvalue weighted by atomic mass is 9.79. The van der Waals surface area contributed by atoms with Gasteiger partial charge >= 0.3 is 0 Å². The molecule has 3 N–H and O–H groups in total. The second kappa shape index (κ2) is 8.88. The zero-order valence-electron chi connectivity index (χ0n) is 19.5. The standard InChI is InChI=1S/C25H30ClN3O4/c1-13(2)8-16-11-19(23(30)27-20-12-17(32-4)6-7-21(20)33-5)25(29-16)18-10-15(26)9-14(3)22(18)28-24(25)31/h6-7,9-10,12-13,16,19,29H,8,11H2,1-5H3,(H,27,30)(H,28,31)/t16-,19+,25-/m0/s1. The van der Waals surface area contributed by atoms with Gasteiger partial charge in [0.1, 0.15) is 17.0 Å². The van der Waals surface area contributed by atoms with Crippen LogP contribution >= 0.6 is 11.6 Å². The van der Waals surface area contributed by atoms with E-state index in [0.29, 0.717) is 34.5 Å². The summed E-state index contributed by atoms with van der Waals surface area (Å²) in [5.74, 6) is 0.376. The van der Waals surface area contributed by atoms with Crippen LogP contribution in [-0.4, -0.2) is 32.1 Å². The van der Waals surface area contributed by atoms with Crippen LogP contribution in [-0.2, 0) is 15.1 Å². The molecule has 1 spiro atoms. The zero-order chi connectivity index (χ0) is 23.9. The molecule has 2 aliphatic heterocycles. The number of anilines is 2. The van der Waals surface area contributed by atoms with Crippen molar-refractivity contribution in [2.45, 2.75) is 45.2 Å². The molecule has 0 saturated carbocycles. The van der Waals surface area contributed by atoms with E-state index in [1.54, 1.807) is 38.5 Å². The van der Waals surface area contributed by atoms with Crippen LogP contribution in [0, 0.1) is 18.8 Å². The second-order valence-electron chi connectivity index (χ2n) is 9.22. The van der Waals surface area contributed by atoms with Gasteiger partial charge in [-0.25, -0.2) is 0 Å². The van der Waals surface area contributed by atoms with Crippen molar-refractivity contribution < 1.29 is 19.1 Å². The van der Waals surface area contributed by atoms with Gasteiger partial charge in [0.15, 0.2) is 0 Å². The van der Waals surface area contributed by atoms with Crippen LogP contribution in [0.15, 0.2) is 30.3 Å². The Hall–Kier alpha value is -2.77. The van der Waals surface area contributed by atoms with Gasteiger partial charge < -0.3 is 20.1 Å². The summed E-state index contributed by atoms with van der Waals surface area (Å²) < 4.78 is 10.7. The van der Waals surface area contributed by atoms with Crippen molar-refractivity contribution in [1.82, 2.24) is 5.32 Å². The predicted octanol–water partition coefficient (Wildman–Crippen LogP) is 4.48. The summed E-state index contributed by atoms with van der Waals surface area (Å²) in [6, 6.07) is 8.82. The molecule has 2 aromatic carbocycles. The van der Waals surface area contributed by atoms with E-state index in [-0.39, 0.29) is 17.9 Å². The van der Waals surface area contributed by atoms with Crippen LogP contribution in [0.5, 0.6) is 11.5 Å². The van der Waals surface area contributed by atoms with Crippen molar-refractivity contribution in [3.63, 3.8) is 0 Å². The first-order chi connectivity index (χ1) is 15.7. The number of carbonyl (C=O) groups excluding carboxylic acids is 2. The third-order valence-electron chi connectivity index (χ3n) is 6.53. The Bertz CT molecular complexity index is 1100. The number of hydrogen-bond acceptors (Lipinski definition) is 5. The Morgan fingerprint density at radius 1 is 1.24 bits per heavy atom. The van der Waals surface area contributed by atoms with E-state index in [9.17, 15) is 9.59 Å². The maximum atomic E-state index is 13.7. The Balaban J connectivity index is 1.77. The number of fused-ring (bicyclic) bond motifs is 2. The Morgan fingerprint density at radius 2 is 2.00 bits per heavy atom. The SMILES string of the molecule is COc1ccc(OC)c(NC(=O)[C@H]2C[C@H](CC(C)C)N[C@]23C(=O)Nc2c(C)cc(Cl)cc23)c1. The highest BCUT2D eigenvalue weighted by Crippen LogP contribution is 2.50. The Kier molecular flexibility index (Phi) is 6.29. The number of benzene rings is 2. The normalized spacial score (nSPS) is 23.5. The first kappa shape index (κ1) is 23.4. The summed E-state index contributed by atoms with van der Waals surface area (Å²) in [6.45, 7) is 6.17. The van der Waals surface area contributed by atoms with Gasteiger partial charge in [-0.3, -0.25) is 14.9 Å². The topological polar surface area (TPSA) is 88.7 Å². The third kappa shape index (κ3) is 4.04. The molecule has 176 valence electrons. The van der Waals surface area contributed by atoms with Crippen LogP contribution < -0.4 is 25.4 Å². The molecule has 2 heterocycles. The fraction of sp³-hybridized carbons (Fsp3) is 0.440. The summed E-state index contributed by atoms with van der Waals surface area (Å²) in [4.78, 5) is 27.2. The van der Waals surface area contributed by atoms with E-state index < -0.39 is 11.5 Å². The molecule has 33 heavy (non-hydrogen) atoms. The number of ether oxygens (including phenoxy) is 2. The Labute approximate surface area is 199 Å². The highest BCUT2D eigenvalue weighted by atomic mass is 35.5. The highest BCUT2D eigenvalue weighted by molar-refractivity contribution is 6.31. The summed E-state index contributed by atoms with van der Waals surface area (Å²) in [6.07, 6.45) is 1.37. The van der Waals surface area contributed by atoms with Gasteiger partial charge in [-0.1, -0.05) is 25.4 Å². The monoisotopic (exact) mass is 471 g/mol. The van der Waals surface area contributed by atoms with Crippen LogP contribution in [0.25, 0.3) is 0 Å². The zero-order valence-corrected chi connectivity index (χ0v) is 20.3. The largest absolute Gasteiger partial charge is 0.497 e. The minimum atomic E-state index is -1.19. The average molecular weight is 472 g/mol. The average Bonchev–Trinajstić information content (AvgIpc) is 3.27. The number of methoxy groups -OCH3 is 2. The molecule has 0 aliphatic carbocycles. The van der Waals surface area contributed by atoms with E-state index in [1.165, 1.54) is 0 Å².